The molecule has 66 valence electrons. The van der Waals surface area contributed by atoms with Crippen LogP contribution in [-0.2, 0) is 12.8 Å². The van der Waals surface area contributed by atoms with Crippen molar-refractivity contribution in [2.75, 3.05) is 0 Å². The van der Waals surface area contributed by atoms with Crippen molar-refractivity contribution in [3.05, 3.63) is 17.5 Å². The van der Waals surface area contributed by atoms with Gasteiger partial charge in [0.25, 0.3) is 0 Å². The third kappa shape index (κ3) is 1.26. The molecular weight excluding hydrogens is 148 g/mol. The molecule has 0 unspecified atom stereocenters. The highest BCUT2D eigenvalue weighted by Gasteiger charge is 2.13. The molecule has 2 heteroatoms. The molecule has 0 saturated carbocycles. The second-order valence-electron chi connectivity index (χ2n) is 3.88. The molecule has 12 heavy (non-hydrogen) atoms. The third-order valence-electron chi connectivity index (χ3n) is 2.53. The quantitative estimate of drug-likeness (QED) is 0.623. The molecule has 0 bridgehead atoms. The van der Waals surface area contributed by atoms with Gasteiger partial charge >= 0.3 is 0 Å². The molecule has 1 aromatic rings. The maximum atomic E-state index is 4.57. The van der Waals surface area contributed by atoms with Gasteiger partial charge in [-0.3, -0.25) is 4.68 Å². The molecule has 0 aromatic carbocycles. The second kappa shape index (κ2) is 2.92. The van der Waals surface area contributed by atoms with Crippen LogP contribution in [-0.4, -0.2) is 9.78 Å². The Labute approximate surface area is 73.6 Å². The van der Waals surface area contributed by atoms with Crippen molar-refractivity contribution < 1.29 is 0 Å². The first-order chi connectivity index (χ1) is 5.77. The lowest BCUT2D eigenvalue weighted by molar-refractivity contribution is 0.525. The van der Waals surface area contributed by atoms with E-state index in [1.54, 1.807) is 0 Å². The van der Waals surface area contributed by atoms with Crippen LogP contribution in [0.4, 0.5) is 0 Å². The van der Waals surface area contributed by atoms with Gasteiger partial charge in [0.1, 0.15) is 0 Å². The highest BCUT2D eigenvalue weighted by Crippen LogP contribution is 2.20. The summed E-state index contributed by atoms with van der Waals surface area (Å²) in [7, 11) is 0. The molecule has 0 N–H and O–H groups in total. The zero-order chi connectivity index (χ0) is 8.55. The van der Waals surface area contributed by atoms with Gasteiger partial charge in [-0.05, 0) is 45.1 Å². The summed E-state index contributed by atoms with van der Waals surface area (Å²) in [6.07, 6.45) is 7.31. The molecule has 0 spiro atoms. The van der Waals surface area contributed by atoms with Crippen LogP contribution >= 0.6 is 0 Å². The predicted octanol–water partition coefficient (Wildman–Crippen LogP) is 2.34. The Bertz CT molecular complexity index is 250. The number of hydrogen-bond acceptors (Lipinski definition) is 1. The van der Waals surface area contributed by atoms with Gasteiger partial charge in [-0.25, -0.2) is 0 Å². The van der Waals surface area contributed by atoms with E-state index in [-0.39, 0.29) is 0 Å². The molecule has 1 aliphatic rings. The van der Waals surface area contributed by atoms with Crippen LogP contribution in [0.1, 0.15) is 44.0 Å². The highest BCUT2D eigenvalue weighted by molar-refractivity contribution is 5.19. The zero-order valence-electron chi connectivity index (χ0n) is 7.88. The summed E-state index contributed by atoms with van der Waals surface area (Å²) < 4.78 is 2.09. The number of fused-ring (bicyclic) bond motifs is 1. The van der Waals surface area contributed by atoms with Crippen LogP contribution < -0.4 is 0 Å². The average molecular weight is 164 g/mol. The number of nitrogens with zero attached hydrogens (tertiary/aromatic N) is 2. The molecule has 2 rings (SSSR count). The molecule has 2 nitrogen and oxygen atoms in total. The molecule has 1 aromatic heterocycles. The maximum absolute atomic E-state index is 4.57. The molecule has 0 radical (unpaired) electrons. The summed E-state index contributed by atoms with van der Waals surface area (Å²) in [5.74, 6) is 0. The van der Waals surface area contributed by atoms with Gasteiger partial charge in [0.2, 0.25) is 0 Å². The Kier molecular flexibility index (Phi) is 1.91. The lowest BCUT2D eigenvalue weighted by Gasteiger charge is -2.06. The van der Waals surface area contributed by atoms with E-state index in [1.807, 2.05) is 0 Å². The fourth-order valence-corrected chi connectivity index (χ4v) is 1.76. The van der Waals surface area contributed by atoms with Crippen molar-refractivity contribution in [2.45, 2.75) is 45.6 Å². The van der Waals surface area contributed by atoms with E-state index >= 15 is 0 Å². The Morgan fingerprint density at radius 3 is 2.75 bits per heavy atom. The summed E-state index contributed by atoms with van der Waals surface area (Å²) in [6.45, 7) is 4.36. The van der Waals surface area contributed by atoms with Crippen molar-refractivity contribution in [3.63, 3.8) is 0 Å². The minimum atomic E-state index is 0.510. The SMILES string of the molecule is CC(C)n1cc2c(n1)CCCC2. The van der Waals surface area contributed by atoms with Crippen LogP contribution in [0.5, 0.6) is 0 Å². The van der Waals surface area contributed by atoms with E-state index in [1.165, 1.54) is 36.9 Å². The van der Waals surface area contributed by atoms with Crippen LogP contribution in [0.25, 0.3) is 0 Å². The Hall–Kier alpha value is -0.790. The predicted molar refractivity (Wildman–Crippen MR) is 49.3 cm³/mol. The van der Waals surface area contributed by atoms with Gasteiger partial charge < -0.3 is 0 Å². The molecular formula is C10H16N2. The van der Waals surface area contributed by atoms with Crippen LogP contribution in [0.3, 0.4) is 0 Å². The monoisotopic (exact) mass is 164 g/mol. The first-order valence-corrected chi connectivity index (χ1v) is 4.84. The smallest absolute Gasteiger partial charge is 0.0656 e. The maximum Gasteiger partial charge on any atom is 0.0656 e. The topological polar surface area (TPSA) is 17.8 Å². The molecule has 0 fully saturated rings. The molecule has 0 amide bonds. The fourth-order valence-electron chi connectivity index (χ4n) is 1.76. The van der Waals surface area contributed by atoms with Crippen molar-refractivity contribution in [3.8, 4) is 0 Å². The van der Waals surface area contributed by atoms with Crippen molar-refractivity contribution in [2.24, 2.45) is 0 Å². The van der Waals surface area contributed by atoms with Crippen LogP contribution in [0.2, 0.25) is 0 Å². The van der Waals surface area contributed by atoms with Gasteiger partial charge in [-0.15, -0.1) is 0 Å². The van der Waals surface area contributed by atoms with Crippen molar-refractivity contribution >= 4 is 0 Å². The second-order valence-corrected chi connectivity index (χ2v) is 3.88. The molecule has 0 saturated heterocycles. The van der Waals surface area contributed by atoms with E-state index in [0.717, 1.165) is 0 Å². The Morgan fingerprint density at radius 2 is 2.08 bits per heavy atom. The van der Waals surface area contributed by atoms with Gasteiger partial charge in [0, 0.05) is 12.2 Å². The van der Waals surface area contributed by atoms with Crippen molar-refractivity contribution in [1.82, 2.24) is 9.78 Å². The minimum absolute atomic E-state index is 0.510. The highest BCUT2D eigenvalue weighted by atomic mass is 15.3. The molecule has 0 aliphatic heterocycles. The van der Waals surface area contributed by atoms with Gasteiger partial charge in [-0.2, -0.15) is 5.10 Å². The van der Waals surface area contributed by atoms with E-state index in [9.17, 15) is 0 Å². The van der Waals surface area contributed by atoms with Crippen molar-refractivity contribution in [1.29, 1.82) is 0 Å². The standard InChI is InChI=1S/C10H16N2/c1-8(2)12-7-9-5-3-4-6-10(9)11-12/h7-8H,3-6H2,1-2H3. The summed E-state index contributed by atoms with van der Waals surface area (Å²) in [5.41, 5.74) is 2.82. The van der Waals surface area contributed by atoms with Crippen LogP contribution in [0.15, 0.2) is 6.20 Å². The zero-order valence-corrected chi connectivity index (χ0v) is 7.88. The van der Waals surface area contributed by atoms with E-state index in [0.29, 0.717) is 6.04 Å². The average Bonchev–Trinajstić information content (AvgIpc) is 2.46. The van der Waals surface area contributed by atoms with Crippen LogP contribution in [0, 0.1) is 0 Å². The van der Waals surface area contributed by atoms with E-state index in [2.05, 4.69) is 29.8 Å². The fraction of sp³-hybridized carbons (Fsp3) is 0.700. The summed E-state index contributed by atoms with van der Waals surface area (Å²) >= 11 is 0. The molecule has 0 atom stereocenters. The lowest BCUT2D eigenvalue weighted by atomic mass is 9.99. The van der Waals surface area contributed by atoms with Gasteiger partial charge in [0.05, 0.1) is 5.69 Å². The minimum Gasteiger partial charge on any atom is -0.270 e. The number of hydrogen-bond donors (Lipinski definition) is 0. The first-order valence-electron chi connectivity index (χ1n) is 4.84. The van der Waals surface area contributed by atoms with Gasteiger partial charge in [0.15, 0.2) is 0 Å². The largest absolute Gasteiger partial charge is 0.270 e. The summed E-state index contributed by atoms with van der Waals surface area (Å²) in [6, 6.07) is 0.510. The first kappa shape index (κ1) is 7.84. The summed E-state index contributed by atoms with van der Waals surface area (Å²) in [4.78, 5) is 0. The summed E-state index contributed by atoms with van der Waals surface area (Å²) in [5, 5.41) is 4.57. The number of rotatable bonds is 1. The molecule has 1 heterocycles. The number of aromatic nitrogens is 2. The normalized spacial score (nSPS) is 16.6. The number of aryl methyl sites for hydroxylation is 2. The molecule has 1 aliphatic carbocycles. The Balaban J connectivity index is 2.32. The van der Waals surface area contributed by atoms with Gasteiger partial charge in [-0.1, -0.05) is 0 Å². The van der Waals surface area contributed by atoms with E-state index in [4.69, 9.17) is 0 Å². The van der Waals surface area contributed by atoms with E-state index < -0.39 is 0 Å². The Morgan fingerprint density at radius 1 is 1.33 bits per heavy atom. The lowest BCUT2D eigenvalue weighted by Crippen LogP contribution is -2.02. The third-order valence-corrected chi connectivity index (χ3v) is 2.53.